The predicted octanol–water partition coefficient (Wildman–Crippen LogP) is 2.22. The molecule has 0 spiro atoms. The summed E-state index contributed by atoms with van der Waals surface area (Å²) in [6.07, 6.45) is 0.949. The fraction of sp³-hybridized carbons (Fsp3) is 0.571. The molecule has 1 atom stereocenters. The van der Waals surface area contributed by atoms with Gasteiger partial charge < -0.3 is 19.5 Å². The van der Waals surface area contributed by atoms with Gasteiger partial charge in [-0.15, -0.1) is 0 Å². The van der Waals surface area contributed by atoms with Crippen molar-refractivity contribution in [2.45, 2.75) is 26.0 Å². The highest BCUT2D eigenvalue weighted by Crippen LogP contribution is 2.32. The summed E-state index contributed by atoms with van der Waals surface area (Å²) < 4.78 is 16.4. The molecule has 0 saturated heterocycles. The molecule has 4 heteroatoms. The second-order valence-corrected chi connectivity index (χ2v) is 4.19. The molecule has 1 rings (SSSR count). The molecule has 1 aromatic rings. The first-order valence-corrected chi connectivity index (χ1v) is 6.19. The van der Waals surface area contributed by atoms with Gasteiger partial charge in [-0.2, -0.15) is 0 Å². The Morgan fingerprint density at radius 1 is 1.28 bits per heavy atom. The third-order valence-corrected chi connectivity index (χ3v) is 2.70. The molecule has 18 heavy (non-hydrogen) atoms. The lowest BCUT2D eigenvalue weighted by atomic mass is 10.1. The Labute approximate surface area is 109 Å². The molecule has 1 unspecified atom stereocenters. The van der Waals surface area contributed by atoms with E-state index in [1.165, 1.54) is 0 Å². The summed E-state index contributed by atoms with van der Waals surface area (Å²) in [5.74, 6) is 1.59. The average molecular weight is 253 g/mol. The molecule has 0 saturated carbocycles. The van der Waals surface area contributed by atoms with Crippen molar-refractivity contribution in [2.24, 2.45) is 0 Å². The van der Waals surface area contributed by atoms with Crippen molar-refractivity contribution >= 4 is 0 Å². The lowest BCUT2D eigenvalue weighted by Crippen LogP contribution is -2.17. The van der Waals surface area contributed by atoms with Crippen molar-refractivity contribution in [3.8, 4) is 11.5 Å². The summed E-state index contributed by atoms with van der Waals surface area (Å²) in [5, 5.41) is 3.13. The number of nitrogens with one attached hydrogen (secondary N) is 1. The minimum absolute atomic E-state index is 0.0943. The van der Waals surface area contributed by atoms with Crippen molar-refractivity contribution in [1.82, 2.24) is 5.32 Å². The third-order valence-electron chi connectivity index (χ3n) is 2.70. The van der Waals surface area contributed by atoms with E-state index in [2.05, 4.69) is 5.32 Å². The summed E-state index contributed by atoms with van der Waals surface area (Å²) >= 11 is 0. The van der Waals surface area contributed by atoms with Gasteiger partial charge in [-0.05, 0) is 20.0 Å². The summed E-state index contributed by atoms with van der Waals surface area (Å²) in [4.78, 5) is 0. The van der Waals surface area contributed by atoms with Crippen molar-refractivity contribution in [2.75, 3.05) is 27.9 Å². The standard InChI is InChI=1S/C14H23NO3/c1-11(8-9-16-3)18-14-12(10-15-2)6-5-7-13(14)17-4/h5-7,11,15H,8-10H2,1-4H3. The van der Waals surface area contributed by atoms with E-state index in [-0.39, 0.29) is 6.10 Å². The molecule has 0 radical (unpaired) electrons. The first-order valence-electron chi connectivity index (χ1n) is 6.19. The number of ether oxygens (including phenoxy) is 3. The fourth-order valence-corrected chi connectivity index (χ4v) is 1.73. The van der Waals surface area contributed by atoms with Crippen LogP contribution in [-0.4, -0.2) is 34.0 Å². The van der Waals surface area contributed by atoms with Crippen LogP contribution in [0.25, 0.3) is 0 Å². The van der Waals surface area contributed by atoms with Crippen LogP contribution in [0.15, 0.2) is 18.2 Å². The smallest absolute Gasteiger partial charge is 0.166 e. The third kappa shape index (κ3) is 4.20. The van der Waals surface area contributed by atoms with Gasteiger partial charge in [0, 0.05) is 32.2 Å². The van der Waals surface area contributed by atoms with Gasteiger partial charge in [0.1, 0.15) is 0 Å². The molecule has 1 aromatic carbocycles. The number of hydrogen-bond acceptors (Lipinski definition) is 4. The summed E-state index contributed by atoms with van der Waals surface area (Å²) in [6.45, 7) is 3.48. The van der Waals surface area contributed by atoms with Gasteiger partial charge in [0.05, 0.1) is 13.2 Å². The highest BCUT2D eigenvalue weighted by Gasteiger charge is 2.13. The van der Waals surface area contributed by atoms with Crippen LogP contribution in [0.1, 0.15) is 18.9 Å². The Morgan fingerprint density at radius 3 is 2.67 bits per heavy atom. The molecule has 4 nitrogen and oxygen atoms in total. The second-order valence-electron chi connectivity index (χ2n) is 4.19. The maximum Gasteiger partial charge on any atom is 0.166 e. The van der Waals surface area contributed by atoms with Crippen molar-refractivity contribution in [1.29, 1.82) is 0 Å². The minimum atomic E-state index is 0.0943. The number of rotatable bonds is 8. The van der Waals surface area contributed by atoms with Crippen molar-refractivity contribution in [3.63, 3.8) is 0 Å². The van der Waals surface area contributed by atoms with E-state index in [1.54, 1.807) is 14.2 Å². The van der Waals surface area contributed by atoms with Crippen molar-refractivity contribution in [3.05, 3.63) is 23.8 Å². The summed E-state index contributed by atoms with van der Waals surface area (Å²) in [7, 11) is 5.27. The quantitative estimate of drug-likeness (QED) is 0.771. The van der Waals surface area contributed by atoms with E-state index in [1.807, 2.05) is 32.2 Å². The van der Waals surface area contributed by atoms with E-state index in [0.717, 1.165) is 30.0 Å². The summed E-state index contributed by atoms with van der Waals surface area (Å²) in [6, 6.07) is 5.92. The summed E-state index contributed by atoms with van der Waals surface area (Å²) in [5.41, 5.74) is 1.10. The number of benzene rings is 1. The monoisotopic (exact) mass is 253 g/mol. The topological polar surface area (TPSA) is 39.7 Å². The zero-order valence-corrected chi connectivity index (χ0v) is 11.7. The van der Waals surface area contributed by atoms with Crippen LogP contribution in [0.4, 0.5) is 0 Å². The van der Waals surface area contributed by atoms with E-state index >= 15 is 0 Å². The Morgan fingerprint density at radius 2 is 2.06 bits per heavy atom. The lowest BCUT2D eigenvalue weighted by molar-refractivity contribution is 0.132. The molecule has 0 aromatic heterocycles. The van der Waals surface area contributed by atoms with Crippen LogP contribution in [0.3, 0.4) is 0 Å². The predicted molar refractivity (Wildman–Crippen MR) is 72.3 cm³/mol. The van der Waals surface area contributed by atoms with Gasteiger partial charge >= 0.3 is 0 Å². The second kappa shape index (κ2) is 7.95. The van der Waals surface area contributed by atoms with Gasteiger partial charge in [-0.25, -0.2) is 0 Å². The van der Waals surface area contributed by atoms with Crippen LogP contribution in [0.2, 0.25) is 0 Å². The zero-order chi connectivity index (χ0) is 13.4. The maximum atomic E-state index is 5.98. The highest BCUT2D eigenvalue weighted by molar-refractivity contribution is 5.46. The Hall–Kier alpha value is -1.26. The zero-order valence-electron chi connectivity index (χ0n) is 11.7. The number of para-hydroxylation sites is 1. The van der Waals surface area contributed by atoms with Crippen LogP contribution in [0, 0.1) is 0 Å². The number of hydrogen-bond donors (Lipinski definition) is 1. The SMILES string of the molecule is CNCc1cccc(OC)c1OC(C)CCOC. The lowest BCUT2D eigenvalue weighted by Gasteiger charge is -2.19. The Bertz CT molecular complexity index is 355. The molecule has 0 aliphatic heterocycles. The highest BCUT2D eigenvalue weighted by atomic mass is 16.5. The van der Waals surface area contributed by atoms with Gasteiger partial charge in [0.2, 0.25) is 0 Å². The molecule has 102 valence electrons. The molecule has 1 N–H and O–H groups in total. The average Bonchev–Trinajstić information content (AvgIpc) is 2.38. The van der Waals surface area contributed by atoms with Crippen LogP contribution >= 0.6 is 0 Å². The van der Waals surface area contributed by atoms with Crippen molar-refractivity contribution < 1.29 is 14.2 Å². The molecule has 0 bridgehead atoms. The van der Waals surface area contributed by atoms with E-state index in [4.69, 9.17) is 14.2 Å². The Kier molecular flexibility index (Phi) is 6.54. The Balaban J connectivity index is 2.82. The molecule has 0 heterocycles. The molecule has 0 fully saturated rings. The van der Waals surface area contributed by atoms with E-state index in [0.29, 0.717) is 6.61 Å². The fourth-order valence-electron chi connectivity index (χ4n) is 1.73. The minimum Gasteiger partial charge on any atom is -0.493 e. The van der Waals surface area contributed by atoms with Crippen LogP contribution in [-0.2, 0) is 11.3 Å². The molecule has 0 amide bonds. The maximum absolute atomic E-state index is 5.98. The van der Waals surface area contributed by atoms with Crippen LogP contribution in [0.5, 0.6) is 11.5 Å². The van der Waals surface area contributed by atoms with Gasteiger partial charge in [-0.1, -0.05) is 12.1 Å². The number of methoxy groups -OCH3 is 2. The largest absolute Gasteiger partial charge is 0.493 e. The van der Waals surface area contributed by atoms with Gasteiger partial charge in [-0.3, -0.25) is 0 Å². The molecular formula is C14H23NO3. The molecule has 0 aliphatic carbocycles. The first-order chi connectivity index (χ1) is 8.72. The van der Waals surface area contributed by atoms with Crippen LogP contribution < -0.4 is 14.8 Å². The first kappa shape index (κ1) is 14.8. The molecule has 0 aliphatic rings. The van der Waals surface area contributed by atoms with E-state index < -0.39 is 0 Å². The molecular weight excluding hydrogens is 230 g/mol. The normalized spacial score (nSPS) is 12.2. The van der Waals surface area contributed by atoms with E-state index in [9.17, 15) is 0 Å². The van der Waals surface area contributed by atoms with Gasteiger partial charge in [0.25, 0.3) is 0 Å². The van der Waals surface area contributed by atoms with Gasteiger partial charge in [0.15, 0.2) is 11.5 Å².